The van der Waals surface area contributed by atoms with Crippen molar-refractivity contribution in [3.05, 3.63) is 34.3 Å². The largest absolute Gasteiger partial charge is 0.389 e. The minimum atomic E-state index is -4.32. The molecule has 0 saturated carbocycles. The second kappa shape index (κ2) is 6.91. The monoisotopic (exact) mass is 373 g/mol. The molecule has 1 aromatic rings. The molecule has 0 spiro atoms. The Morgan fingerprint density at radius 1 is 1.20 bits per heavy atom. The Morgan fingerprint density at radius 3 is 2.25 bits per heavy atom. The van der Waals surface area contributed by atoms with Gasteiger partial charge in [-0.15, -0.1) is 0 Å². The van der Waals surface area contributed by atoms with Gasteiger partial charge in [0.2, 0.25) is 10.0 Å². The van der Waals surface area contributed by atoms with Crippen LogP contribution >= 0.6 is 15.9 Å². The van der Waals surface area contributed by atoms with Gasteiger partial charge in [-0.05, 0) is 24.1 Å². The first-order valence-electron chi connectivity index (χ1n) is 5.85. The Morgan fingerprint density at radius 2 is 1.75 bits per heavy atom. The van der Waals surface area contributed by atoms with Crippen LogP contribution < -0.4 is 0 Å². The molecule has 3 nitrogen and oxygen atoms in total. The molecule has 0 heterocycles. The predicted octanol–water partition coefficient (Wildman–Crippen LogP) is 3.55. The highest BCUT2D eigenvalue weighted by Gasteiger charge is 2.28. The van der Waals surface area contributed by atoms with E-state index in [-0.39, 0.29) is 6.54 Å². The van der Waals surface area contributed by atoms with Crippen LogP contribution in [-0.2, 0) is 16.6 Å². The molecule has 0 N–H and O–H groups in total. The van der Waals surface area contributed by atoms with Gasteiger partial charge in [0.05, 0.1) is 5.75 Å². The second-order valence-corrected chi connectivity index (χ2v) is 7.53. The smallest absolute Gasteiger partial charge is 0.212 e. The molecule has 8 heteroatoms. The van der Waals surface area contributed by atoms with Crippen LogP contribution in [0.3, 0.4) is 0 Å². The molecule has 0 atom stereocenters. The fourth-order valence-electron chi connectivity index (χ4n) is 1.56. The number of hydrogen-bond donors (Lipinski definition) is 0. The van der Waals surface area contributed by atoms with Crippen molar-refractivity contribution in [2.45, 2.75) is 25.6 Å². The third-order valence-electron chi connectivity index (χ3n) is 2.66. The molecule has 0 radical (unpaired) electrons. The Labute approximate surface area is 125 Å². The van der Waals surface area contributed by atoms with E-state index in [0.29, 0.717) is 0 Å². The number of benzene rings is 1. The van der Waals surface area contributed by atoms with Gasteiger partial charge in [-0.25, -0.2) is 12.7 Å². The molecule has 0 aliphatic carbocycles. The standard InChI is InChI=1S/C12H15BrF3NO2S/c1-17(9-10-3-5-11(13)6-4-10)20(18,19)8-2-7-12(14,15)16/h3-6H,2,7-9H2,1H3. The van der Waals surface area contributed by atoms with Gasteiger partial charge in [0, 0.05) is 24.5 Å². The predicted molar refractivity (Wildman–Crippen MR) is 74.7 cm³/mol. The number of rotatable bonds is 6. The highest BCUT2D eigenvalue weighted by molar-refractivity contribution is 9.10. The highest BCUT2D eigenvalue weighted by Crippen LogP contribution is 2.22. The van der Waals surface area contributed by atoms with Gasteiger partial charge in [0.1, 0.15) is 0 Å². The van der Waals surface area contributed by atoms with E-state index in [2.05, 4.69) is 15.9 Å². The van der Waals surface area contributed by atoms with Gasteiger partial charge in [-0.2, -0.15) is 13.2 Å². The third-order valence-corrected chi connectivity index (χ3v) is 5.07. The van der Waals surface area contributed by atoms with Crippen LogP contribution in [0.1, 0.15) is 18.4 Å². The van der Waals surface area contributed by atoms with E-state index >= 15 is 0 Å². The van der Waals surface area contributed by atoms with Crippen molar-refractivity contribution in [1.29, 1.82) is 0 Å². The maximum atomic E-state index is 12.0. The van der Waals surface area contributed by atoms with Crippen LogP contribution in [-0.4, -0.2) is 31.7 Å². The quantitative estimate of drug-likeness (QED) is 0.764. The molecule has 114 valence electrons. The average Bonchev–Trinajstić information content (AvgIpc) is 2.30. The van der Waals surface area contributed by atoms with Crippen molar-refractivity contribution < 1.29 is 21.6 Å². The van der Waals surface area contributed by atoms with Crippen LogP contribution in [0, 0.1) is 0 Å². The molecule has 0 aromatic heterocycles. The molecular weight excluding hydrogens is 359 g/mol. The van der Waals surface area contributed by atoms with Crippen LogP contribution in [0.4, 0.5) is 13.2 Å². The van der Waals surface area contributed by atoms with Crippen molar-refractivity contribution in [3.63, 3.8) is 0 Å². The van der Waals surface area contributed by atoms with Crippen molar-refractivity contribution in [2.24, 2.45) is 0 Å². The number of sulfonamides is 1. The zero-order chi connectivity index (χ0) is 15.4. The SMILES string of the molecule is CN(Cc1ccc(Br)cc1)S(=O)(=O)CCCC(F)(F)F. The van der Waals surface area contributed by atoms with Gasteiger partial charge in [0.25, 0.3) is 0 Å². The van der Waals surface area contributed by atoms with E-state index in [1.165, 1.54) is 7.05 Å². The van der Waals surface area contributed by atoms with Crippen molar-refractivity contribution in [1.82, 2.24) is 4.31 Å². The zero-order valence-corrected chi connectivity index (χ0v) is 13.2. The van der Waals surface area contributed by atoms with Gasteiger partial charge in [0.15, 0.2) is 0 Å². The minimum Gasteiger partial charge on any atom is -0.212 e. The molecule has 0 saturated heterocycles. The van der Waals surface area contributed by atoms with E-state index in [1.807, 2.05) is 0 Å². The van der Waals surface area contributed by atoms with Crippen molar-refractivity contribution in [3.8, 4) is 0 Å². The summed E-state index contributed by atoms with van der Waals surface area (Å²) >= 11 is 3.27. The van der Waals surface area contributed by atoms with Crippen LogP contribution in [0.2, 0.25) is 0 Å². The fourth-order valence-corrected chi connectivity index (χ4v) is 2.99. The summed E-state index contributed by atoms with van der Waals surface area (Å²) in [6, 6.07) is 7.07. The summed E-state index contributed by atoms with van der Waals surface area (Å²) in [5, 5.41) is 0. The van der Waals surface area contributed by atoms with Gasteiger partial charge < -0.3 is 0 Å². The van der Waals surface area contributed by atoms with E-state index in [0.717, 1.165) is 14.3 Å². The molecular formula is C12H15BrF3NO2S. The summed E-state index contributed by atoms with van der Waals surface area (Å²) in [6.07, 6.45) is -5.82. The van der Waals surface area contributed by atoms with Gasteiger partial charge in [-0.3, -0.25) is 0 Å². The first kappa shape index (κ1) is 17.5. The van der Waals surface area contributed by atoms with E-state index in [9.17, 15) is 21.6 Å². The summed E-state index contributed by atoms with van der Waals surface area (Å²) < 4.78 is 61.6. The maximum absolute atomic E-state index is 12.0. The molecule has 0 amide bonds. The minimum absolute atomic E-state index is 0.141. The number of halogens is 4. The molecule has 1 rings (SSSR count). The van der Waals surface area contributed by atoms with E-state index in [1.54, 1.807) is 24.3 Å². The molecule has 0 bridgehead atoms. The Kier molecular flexibility index (Phi) is 6.03. The summed E-state index contributed by atoms with van der Waals surface area (Å²) in [7, 11) is -2.30. The summed E-state index contributed by atoms with van der Waals surface area (Å²) in [4.78, 5) is 0. The Balaban J connectivity index is 2.56. The lowest BCUT2D eigenvalue weighted by Crippen LogP contribution is -2.29. The van der Waals surface area contributed by atoms with Crippen LogP contribution in [0.25, 0.3) is 0 Å². The number of alkyl halides is 3. The van der Waals surface area contributed by atoms with Gasteiger partial charge in [-0.1, -0.05) is 28.1 Å². The van der Waals surface area contributed by atoms with Crippen molar-refractivity contribution in [2.75, 3.05) is 12.8 Å². The summed E-state index contributed by atoms with van der Waals surface area (Å²) in [5.41, 5.74) is 0.773. The van der Waals surface area contributed by atoms with Crippen LogP contribution in [0.15, 0.2) is 28.7 Å². The lowest BCUT2D eigenvalue weighted by atomic mass is 10.2. The molecule has 0 unspecified atom stereocenters. The van der Waals surface area contributed by atoms with Gasteiger partial charge >= 0.3 is 6.18 Å². The molecule has 20 heavy (non-hydrogen) atoms. The second-order valence-electron chi connectivity index (χ2n) is 4.42. The number of hydrogen-bond acceptors (Lipinski definition) is 2. The molecule has 0 aliphatic heterocycles. The Hall–Kier alpha value is -0.600. The molecule has 0 fully saturated rings. The summed E-state index contributed by atoms with van der Waals surface area (Å²) in [6.45, 7) is 0.141. The fraction of sp³-hybridized carbons (Fsp3) is 0.500. The Bertz CT molecular complexity index is 529. The first-order valence-corrected chi connectivity index (χ1v) is 8.25. The first-order chi connectivity index (χ1) is 9.10. The third kappa shape index (κ3) is 6.23. The highest BCUT2D eigenvalue weighted by atomic mass is 79.9. The van der Waals surface area contributed by atoms with Crippen molar-refractivity contribution >= 4 is 26.0 Å². The lowest BCUT2D eigenvalue weighted by molar-refractivity contribution is -0.134. The maximum Gasteiger partial charge on any atom is 0.389 e. The van der Waals surface area contributed by atoms with Crippen LogP contribution in [0.5, 0.6) is 0 Å². The molecule has 0 aliphatic rings. The molecule has 1 aromatic carbocycles. The van der Waals surface area contributed by atoms with E-state index < -0.39 is 34.8 Å². The summed E-state index contributed by atoms with van der Waals surface area (Å²) in [5.74, 6) is -0.500. The normalized spacial score (nSPS) is 12.9. The van der Waals surface area contributed by atoms with E-state index in [4.69, 9.17) is 0 Å². The average molecular weight is 374 g/mol. The number of nitrogens with zero attached hydrogens (tertiary/aromatic N) is 1. The topological polar surface area (TPSA) is 37.4 Å². The zero-order valence-electron chi connectivity index (χ0n) is 10.8. The lowest BCUT2D eigenvalue weighted by Gasteiger charge is -2.17.